The summed E-state index contributed by atoms with van der Waals surface area (Å²) in [5.41, 5.74) is 1.41. The molecule has 0 unspecified atom stereocenters. The number of methoxy groups -OCH3 is 1. The van der Waals surface area contributed by atoms with Crippen LogP contribution in [0.3, 0.4) is 0 Å². The van der Waals surface area contributed by atoms with Crippen molar-refractivity contribution in [2.75, 3.05) is 19.4 Å². The first-order valence-corrected chi connectivity index (χ1v) is 10.7. The number of carboxylic acids is 1. The van der Waals surface area contributed by atoms with Gasteiger partial charge in [-0.25, -0.2) is 13.2 Å². The van der Waals surface area contributed by atoms with Gasteiger partial charge in [-0.2, -0.15) is 0 Å². The lowest BCUT2D eigenvalue weighted by Crippen LogP contribution is -2.41. The zero-order valence-electron chi connectivity index (χ0n) is 17.0. The van der Waals surface area contributed by atoms with Crippen LogP contribution in [0.2, 0.25) is 0 Å². The SMILES string of the molecule is COc1cc(C(=O)O)ccc1-n1nc(-c2ccc(C(=O)NCCS(=O)(=O)[O-])cc2)n[n+]1C. The maximum Gasteiger partial charge on any atom is 0.339 e. The predicted molar refractivity (Wildman–Crippen MR) is 108 cm³/mol. The summed E-state index contributed by atoms with van der Waals surface area (Å²) in [4.78, 5) is 26.1. The van der Waals surface area contributed by atoms with Gasteiger partial charge in [0.15, 0.2) is 11.4 Å². The Labute approximate surface area is 182 Å². The van der Waals surface area contributed by atoms with Gasteiger partial charge in [-0.3, -0.25) is 4.79 Å². The number of rotatable bonds is 8. The summed E-state index contributed by atoms with van der Waals surface area (Å²) in [6.07, 6.45) is 0. The Balaban J connectivity index is 1.82. The van der Waals surface area contributed by atoms with E-state index >= 15 is 0 Å². The van der Waals surface area contributed by atoms with Crippen LogP contribution in [-0.2, 0) is 17.2 Å². The maximum atomic E-state index is 12.1. The fourth-order valence-electron chi connectivity index (χ4n) is 2.82. The smallest absolute Gasteiger partial charge is 0.339 e. The molecule has 1 amide bonds. The molecule has 1 aromatic heterocycles. The molecule has 0 saturated carbocycles. The molecule has 2 N–H and O–H groups in total. The highest BCUT2D eigenvalue weighted by atomic mass is 32.2. The van der Waals surface area contributed by atoms with Crippen LogP contribution >= 0.6 is 0 Å². The molecule has 0 spiro atoms. The third-order valence-corrected chi connectivity index (χ3v) is 5.09. The average molecular weight is 461 g/mol. The fourth-order valence-corrected chi connectivity index (χ4v) is 3.17. The first-order chi connectivity index (χ1) is 15.1. The molecule has 0 radical (unpaired) electrons. The second-order valence-electron chi connectivity index (χ2n) is 6.59. The van der Waals surface area contributed by atoms with Crippen LogP contribution in [0.5, 0.6) is 5.75 Å². The molecule has 1 heterocycles. The van der Waals surface area contributed by atoms with E-state index < -0.39 is 27.7 Å². The topological polar surface area (TPSA) is 167 Å². The summed E-state index contributed by atoms with van der Waals surface area (Å²) in [6, 6.07) is 10.6. The standard InChI is InChI=1S/C19H19N5O7S/c1-23-21-17(22-24(23)15-8-7-14(19(26)27)11-16(15)31-2)12-3-5-13(6-4-12)18(25)20-9-10-32(28,29)30/h3-8,11H,9-10H2,1-2H3,(H2-,20,25,26,27,28,29,30). The summed E-state index contributed by atoms with van der Waals surface area (Å²) in [7, 11) is -1.34. The predicted octanol–water partition coefficient (Wildman–Crippen LogP) is -0.259. The highest BCUT2D eigenvalue weighted by molar-refractivity contribution is 7.85. The molecule has 0 atom stereocenters. The molecule has 0 saturated heterocycles. The zero-order valence-corrected chi connectivity index (χ0v) is 17.9. The molecule has 0 aliphatic rings. The van der Waals surface area contributed by atoms with Crippen molar-refractivity contribution in [2.45, 2.75) is 0 Å². The number of aromatic carboxylic acids is 1. The Kier molecular flexibility index (Phi) is 6.50. The van der Waals surface area contributed by atoms with Crippen LogP contribution < -0.4 is 14.9 Å². The Morgan fingerprint density at radius 3 is 2.44 bits per heavy atom. The van der Waals surface area contributed by atoms with Crippen LogP contribution in [-0.4, -0.2) is 64.4 Å². The number of aryl methyl sites for hydroxylation is 1. The molecule has 168 valence electrons. The second kappa shape index (κ2) is 9.11. The molecule has 0 aliphatic carbocycles. The van der Waals surface area contributed by atoms with Gasteiger partial charge in [-0.1, -0.05) is 4.80 Å². The van der Waals surface area contributed by atoms with Crippen molar-refractivity contribution in [3.63, 3.8) is 0 Å². The van der Waals surface area contributed by atoms with Crippen LogP contribution in [0.1, 0.15) is 20.7 Å². The summed E-state index contributed by atoms with van der Waals surface area (Å²) in [5.74, 6) is -1.67. The van der Waals surface area contributed by atoms with Crippen molar-refractivity contribution in [2.24, 2.45) is 7.05 Å². The molecular weight excluding hydrogens is 442 g/mol. The molecule has 0 bridgehead atoms. The Morgan fingerprint density at radius 2 is 1.84 bits per heavy atom. The van der Waals surface area contributed by atoms with Crippen molar-refractivity contribution in [3.05, 3.63) is 53.6 Å². The first kappa shape index (κ1) is 22.8. The quantitative estimate of drug-likeness (QED) is 0.339. The average Bonchev–Trinajstić information content (AvgIpc) is 3.13. The molecule has 13 heteroatoms. The summed E-state index contributed by atoms with van der Waals surface area (Å²) >= 11 is 0. The van der Waals surface area contributed by atoms with Gasteiger partial charge in [0.2, 0.25) is 0 Å². The lowest BCUT2D eigenvalue weighted by Gasteiger charge is -2.08. The number of hydrogen-bond acceptors (Lipinski definition) is 8. The van der Waals surface area contributed by atoms with E-state index in [-0.39, 0.29) is 17.7 Å². The van der Waals surface area contributed by atoms with E-state index in [9.17, 15) is 22.6 Å². The van der Waals surface area contributed by atoms with E-state index in [4.69, 9.17) is 9.84 Å². The van der Waals surface area contributed by atoms with Crippen LogP contribution in [0.15, 0.2) is 42.5 Å². The monoisotopic (exact) mass is 461 g/mol. The van der Waals surface area contributed by atoms with Crippen molar-refractivity contribution < 1.29 is 37.2 Å². The number of carbonyl (C=O) groups excluding carboxylic acids is 1. The number of carbonyl (C=O) groups is 2. The molecule has 2 aromatic carbocycles. The second-order valence-corrected chi connectivity index (χ2v) is 8.11. The van der Waals surface area contributed by atoms with Crippen molar-refractivity contribution in [1.29, 1.82) is 0 Å². The van der Waals surface area contributed by atoms with Gasteiger partial charge in [0, 0.05) is 16.9 Å². The third kappa shape index (κ3) is 5.25. The van der Waals surface area contributed by atoms with E-state index in [1.807, 2.05) is 0 Å². The number of aromatic nitrogens is 4. The minimum atomic E-state index is -4.41. The highest BCUT2D eigenvalue weighted by Gasteiger charge is 2.23. The summed E-state index contributed by atoms with van der Waals surface area (Å²) in [5, 5.41) is 20.3. The van der Waals surface area contributed by atoms with Gasteiger partial charge >= 0.3 is 11.8 Å². The van der Waals surface area contributed by atoms with Gasteiger partial charge in [0.05, 0.1) is 39.2 Å². The molecule has 0 aliphatic heterocycles. The van der Waals surface area contributed by atoms with Gasteiger partial charge in [0.25, 0.3) is 5.91 Å². The van der Waals surface area contributed by atoms with Crippen molar-refractivity contribution >= 4 is 22.0 Å². The molecule has 3 rings (SSSR count). The maximum absolute atomic E-state index is 12.1. The Hall–Kier alpha value is -3.84. The lowest BCUT2D eigenvalue weighted by molar-refractivity contribution is -0.800. The van der Waals surface area contributed by atoms with Crippen molar-refractivity contribution in [3.8, 4) is 22.8 Å². The number of nitrogens with one attached hydrogen (secondary N) is 1. The van der Waals surface area contributed by atoms with E-state index in [1.54, 1.807) is 25.2 Å². The number of carboxylic acid groups (broad SMARTS) is 1. The van der Waals surface area contributed by atoms with Crippen LogP contribution in [0.25, 0.3) is 17.1 Å². The summed E-state index contributed by atoms with van der Waals surface area (Å²) in [6.45, 7) is -0.281. The van der Waals surface area contributed by atoms with E-state index in [1.165, 1.54) is 41.0 Å². The Morgan fingerprint density at radius 1 is 1.19 bits per heavy atom. The van der Waals surface area contributed by atoms with Gasteiger partial charge < -0.3 is 19.7 Å². The van der Waals surface area contributed by atoms with E-state index in [2.05, 4.69) is 15.5 Å². The number of amides is 1. The number of benzene rings is 2. The van der Waals surface area contributed by atoms with Gasteiger partial charge in [-0.15, -0.1) is 0 Å². The fraction of sp³-hybridized carbons (Fsp3) is 0.211. The van der Waals surface area contributed by atoms with E-state index in [0.717, 1.165) is 0 Å². The van der Waals surface area contributed by atoms with Gasteiger partial charge in [0.1, 0.15) is 7.05 Å². The highest BCUT2D eigenvalue weighted by Crippen LogP contribution is 2.23. The third-order valence-electron chi connectivity index (χ3n) is 4.39. The number of hydrogen-bond donors (Lipinski definition) is 2. The largest absolute Gasteiger partial charge is 0.748 e. The zero-order chi connectivity index (χ0) is 23.5. The minimum absolute atomic E-state index is 0.0651. The van der Waals surface area contributed by atoms with Gasteiger partial charge in [-0.05, 0) is 47.6 Å². The van der Waals surface area contributed by atoms with Crippen LogP contribution in [0, 0.1) is 0 Å². The van der Waals surface area contributed by atoms with Crippen LogP contribution in [0.4, 0.5) is 0 Å². The molecule has 12 nitrogen and oxygen atoms in total. The molecular formula is C19H19N5O7S. The van der Waals surface area contributed by atoms with Crippen molar-refractivity contribution in [1.82, 2.24) is 20.3 Å². The molecule has 0 fully saturated rings. The lowest BCUT2D eigenvalue weighted by atomic mass is 10.1. The molecule has 32 heavy (non-hydrogen) atoms. The molecule has 3 aromatic rings. The minimum Gasteiger partial charge on any atom is -0.748 e. The number of tetrazole rings is 1. The number of ether oxygens (including phenoxy) is 1. The van der Waals surface area contributed by atoms with E-state index in [0.29, 0.717) is 22.8 Å². The summed E-state index contributed by atoms with van der Waals surface area (Å²) < 4.78 is 37.1. The normalized spacial score (nSPS) is 11.2. The first-order valence-electron chi connectivity index (χ1n) is 9.16. The number of nitrogens with zero attached hydrogens (tertiary/aromatic N) is 4. The Bertz CT molecular complexity index is 1270.